The Morgan fingerprint density at radius 2 is 1.81 bits per heavy atom. The van der Waals surface area contributed by atoms with Crippen LogP contribution in [0.4, 0.5) is 4.39 Å². The molecule has 0 aliphatic heterocycles. The van der Waals surface area contributed by atoms with Gasteiger partial charge in [0.1, 0.15) is 23.2 Å². The SMILES string of the molecule is NC(=S)c1cccc(COCCOc2ccccc2)c1F. The molecule has 110 valence electrons. The zero-order chi connectivity index (χ0) is 15.1. The highest BCUT2D eigenvalue weighted by atomic mass is 32.1. The van der Waals surface area contributed by atoms with Crippen molar-refractivity contribution in [3.63, 3.8) is 0 Å². The lowest BCUT2D eigenvalue weighted by Crippen LogP contribution is -2.13. The Morgan fingerprint density at radius 1 is 1.05 bits per heavy atom. The fraction of sp³-hybridized carbons (Fsp3) is 0.188. The van der Waals surface area contributed by atoms with Gasteiger partial charge in [-0.05, 0) is 18.2 Å². The van der Waals surface area contributed by atoms with Crippen molar-refractivity contribution < 1.29 is 13.9 Å². The summed E-state index contributed by atoms with van der Waals surface area (Å²) >= 11 is 4.79. The van der Waals surface area contributed by atoms with Crippen LogP contribution in [0.1, 0.15) is 11.1 Å². The number of hydrogen-bond donors (Lipinski definition) is 1. The Bertz CT molecular complexity index is 604. The first-order valence-corrected chi connectivity index (χ1v) is 6.92. The van der Waals surface area contributed by atoms with E-state index in [0.29, 0.717) is 18.8 Å². The van der Waals surface area contributed by atoms with Crippen LogP contribution in [0, 0.1) is 5.82 Å². The molecule has 2 aromatic rings. The van der Waals surface area contributed by atoms with Gasteiger partial charge in [0, 0.05) is 11.1 Å². The molecule has 0 amide bonds. The zero-order valence-corrected chi connectivity index (χ0v) is 12.2. The lowest BCUT2D eigenvalue weighted by atomic mass is 10.1. The number of benzene rings is 2. The maximum absolute atomic E-state index is 14.0. The Hall–Kier alpha value is -1.98. The fourth-order valence-electron chi connectivity index (χ4n) is 1.80. The van der Waals surface area contributed by atoms with Gasteiger partial charge in [-0.1, -0.05) is 42.5 Å². The predicted molar refractivity (Wildman–Crippen MR) is 83.9 cm³/mol. The zero-order valence-electron chi connectivity index (χ0n) is 11.4. The molecule has 0 spiro atoms. The van der Waals surface area contributed by atoms with E-state index in [1.54, 1.807) is 18.2 Å². The molecule has 0 aliphatic rings. The average Bonchev–Trinajstić information content (AvgIpc) is 2.49. The number of thiocarbonyl (C=S) groups is 1. The largest absolute Gasteiger partial charge is 0.491 e. The summed E-state index contributed by atoms with van der Waals surface area (Å²) < 4.78 is 24.9. The summed E-state index contributed by atoms with van der Waals surface area (Å²) in [6, 6.07) is 14.4. The highest BCUT2D eigenvalue weighted by molar-refractivity contribution is 7.80. The van der Waals surface area contributed by atoms with Crippen LogP contribution >= 0.6 is 12.2 Å². The molecule has 0 saturated carbocycles. The van der Waals surface area contributed by atoms with Crippen molar-refractivity contribution in [3.8, 4) is 5.75 Å². The van der Waals surface area contributed by atoms with E-state index in [1.165, 1.54) is 0 Å². The minimum Gasteiger partial charge on any atom is -0.491 e. The van der Waals surface area contributed by atoms with Crippen LogP contribution in [-0.4, -0.2) is 18.2 Å². The van der Waals surface area contributed by atoms with Gasteiger partial charge in [-0.15, -0.1) is 0 Å². The highest BCUT2D eigenvalue weighted by Gasteiger charge is 2.09. The molecule has 3 nitrogen and oxygen atoms in total. The van der Waals surface area contributed by atoms with Gasteiger partial charge in [-0.3, -0.25) is 0 Å². The van der Waals surface area contributed by atoms with Gasteiger partial charge in [-0.2, -0.15) is 0 Å². The summed E-state index contributed by atoms with van der Waals surface area (Å²) in [7, 11) is 0. The number of nitrogens with two attached hydrogens (primary N) is 1. The summed E-state index contributed by atoms with van der Waals surface area (Å²) in [5.41, 5.74) is 6.13. The highest BCUT2D eigenvalue weighted by Crippen LogP contribution is 2.14. The Kier molecular flexibility index (Phi) is 5.66. The van der Waals surface area contributed by atoms with Crippen LogP contribution in [0.5, 0.6) is 5.75 Å². The van der Waals surface area contributed by atoms with Crippen LogP contribution in [0.15, 0.2) is 48.5 Å². The molecule has 0 unspecified atom stereocenters. The van der Waals surface area contributed by atoms with Crippen molar-refractivity contribution in [1.82, 2.24) is 0 Å². The van der Waals surface area contributed by atoms with Gasteiger partial charge in [0.2, 0.25) is 0 Å². The number of para-hydroxylation sites is 1. The van der Waals surface area contributed by atoms with Crippen LogP contribution in [0.2, 0.25) is 0 Å². The van der Waals surface area contributed by atoms with Gasteiger partial charge >= 0.3 is 0 Å². The standard InChI is InChI=1S/C16H16FNO2S/c17-15-12(5-4-8-14(15)16(18)21)11-19-9-10-20-13-6-2-1-3-7-13/h1-8H,9-11H2,(H2,18,21). The van der Waals surface area contributed by atoms with E-state index in [9.17, 15) is 4.39 Å². The molecule has 0 fully saturated rings. The fourth-order valence-corrected chi connectivity index (χ4v) is 1.96. The molecule has 21 heavy (non-hydrogen) atoms. The summed E-state index contributed by atoms with van der Waals surface area (Å²) in [6.07, 6.45) is 0. The topological polar surface area (TPSA) is 44.5 Å². The second kappa shape index (κ2) is 7.71. The lowest BCUT2D eigenvalue weighted by molar-refractivity contribution is 0.0872. The van der Waals surface area contributed by atoms with Gasteiger partial charge in [-0.25, -0.2) is 4.39 Å². The van der Waals surface area contributed by atoms with E-state index in [0.717, 1.165) is 5.75 Å². The van der Waals surface area contributed by atoms with E-state index < -0.39 is 5.82 Å². The van der Waals surface area contributed by atoms with Crippen LogP contribution in [0.3, 0.4) is 0 Å². The van der Waals surface area contributed by atoms with Crippen LogP contribution in [-0.2, 0) is 11.3 Å². The molecule has 2 rings (SSSR count). The summed E-state index contributed by atoms with van der Waals surface area (Å²) in [6.45, 7) is 0.923. The Balaban J connectivity index is 1.79. The van der Waals surface area contributed by atoms with Crippen molar-refractivity contribution in [3.05, 3.63) is 65.5 Å². The third-order valence-corrected chi connectivity index (χ3v) is 3.06. The van der Waals surface area contributed by atoms with Crippen molar-refractivity contribution >= 4 is 17.2 Å². The van der Waals surface area contributed by atoms with E-state index >= 15 is 0 Å². The molecule has 0 heterocycles. The van der Waals surface area contributed by atoms with E-state index in [1.807, 2.05) is 30.3 Å². The lowest BCUT2D eigenvalue weighted by Gasteiger charge is -2.09. The number of hydrogen-bond acceptors (Lipinski definition) is 3. The second-order valence-electron chi connectivity index (χ2n) is 4.36. The Labute approximate surface area is 128 Å². The minimum absolute atomic E-state index is 0.0433. The molecular weight excluding hydrogens is 289 g/mol. The molecule has 2 N–H and O–H groups in total. The molecule has 0 saturated heterocycles. The first kappa shape index (κ1) is 15.4. The van der Waals surface area contributed by atoms with Crippen molar-refractivity contribution in [2.75, 3.05) is 13.2 Å². The number of rotatable bonds is 7. The summed E-state index contributed by atoms with van der Waals surface area (Å²) in [5, 5.41) is 0. The smallest absolute Gasteiger partial charge is 0.138 e. The molecule has 0 bridgehead atoms. The van der Waals surface area contributed by atoms with Crippen LogP contribution < -0.4 is 10.5 Å². The third-order valence-electron chi connectivity index (χ3n) is 2.84. The average molecular weight is 305 g/mol. The first-order chi connectivity index (χ1) is 10.2. The molecule has 5 heteroatoms. The molecular formula is C16H16FNO2S. The molecule has 2 aromatic carbocycles. The maximum Gasteiger partial charge on any atom is 0.138 e. The monoisotopic (exact) mass is 305 g/mol. The van der Waals surface area contributed by atoms with Gasteiger partial charge in [0.15, 0.2) is 0 Å². The summed E-state index contributed by atoms with van der Waals surface area (Å²) in [5.74, 6) is 0.358. The molecule has 0 aromatic heterocycles. The van der Waals surface area contributed by atoms with Crippen LogP contribution in [0.25, 0.3) is 0 Å². The normalized spacial score (nSPS) is 10.3. The van der Waals surface area contributed by atoms with Gasteiger partial charge in [0.25, 0.3) is 0 Å². The predicted octanol–water partition coefficient (Wildman–Crippen LogP) is 3.06. The minimum atomic E-state index is -0.422. The quantitative estimate of drug-likeness (QED) is 0.631. The second-order valence-corrected chi connectivity index (χ2v) is 4.80. The Morgan fingerprint density at radius 3 is 2.52 bits per heavy atom. The van der Waals surface area contributed by atoms with E-state index in [4.69, 9.17) is 27.4 Å². The third kappa shape index (κ3) is 4.51. The van der Waals surface area contributed by atoms with Gasteiger partial charge in [0.05, 0.1) is 13.2 Å². The maximum atomic E-state index is 14.0. The van der Waals surface area contributed by atoms with Crippen molar-refractivity contribution in [1.29, 1.82) is 0 Å². The van der Waals surface area contributed by atoms with Gasteiger partial charge < -0.3 is 15.2 Å². The number of halogens is 1. The van der Waals surface area contributed by atoms with E-state index in [2.05, 4.69) is 0 Å². The first-order valence-electron chi connectivity index (χ1n) is 6.51. The number of ether oxygens (including phenoxy) is 2. The van der Waals surface area contributed by atoms with Crippen molar-refractivity contribution in [2.24, 2.45) is 5.73 Å². The molecule has 0 aliphatic carbocycles. The molecule has 0 radical (unpaired) electrons. The van der Waals surface area contributed by atoms with E-state index in [-0.39, 0.29) is 17.2 Å². The molecule has 0 atom stereocenters. The summed E-state index contributed by atoms with van der Waals surface area (Å²) in [4.78, 5) is 0.0433. The van der Waals surface area contributed by atoms with Crippen molar-refractivity contribution in [2.45, 2.75) is 6.61 Å².